The summed E-state index contributed by atoms with van der Waals surface area (Å²) in [4.78, 5) is 23.9. The number of hydrogen-bond donors (Lipinski definition) is 1. The molecule has 0 aliphatic heterocycles. The predicted octanol–water partition coefficient (Wildman–Crippen LogP) is 12.2. The van der Waals surface area contributed by atoms with Gasteiger partial charge in [-0.15, -0.1) is 0 Å². The van der Waals surface area contributed by atoms with Crippen molar-refractivity contribution in [1.82, 2.24) is 0 Å². The number of aliphatic hydroxyl groups is 1. The first-order chi connectivity index (χ1) is 23.6. The molecule has 0 amide bonds. The monoisotopic (exact) mass is 669 g/mol. The number of ether oxygens (including phenoxy) is 2. The number of carbonyl (C=O) groups is 2. The fourth-order valence-corrected chi connectivity index (χ4v) is 5.05. The van der Waals surface area contributed by atoms with E-state index in [4.69, 9.17) is 9.47 Å². The molecule has 0 aromatic heterocycles. The molecule has 0 saturated heterocycles. The Kier molecular flexibility index (Phi) is 36.6. The number of esters is 2. The van der Waals surface area contributed by atoms with E-state index in [2.05, 4.69) is 74.6 Å². The van der Waals surface area contributed by atoms with Gasteiger partial charge in [-0.05, 0) is 51.4 Å². The highest BCUT2D eigenvalue weighted by Crippen LogP contribution is 2.14. The molecule has 1 N–H and O–H groups in total. The topological polar surface area (TPSA) is 72.8 Å². The van der Waals surface area contributed by atoms with Crippen molar-refractivity contribution in [3.63, 3.8) is 0 Å². The summed E-state index contributed by atoms with van der Waals surface area (Å²) >= 11 is 0. The second-order valence-electron chi connectivity index (χ2n) is 12.7. The fraction of sp³-hybridized carbons (Fsp3) is 0.674. The lowest BCUT2D eigenvalue weighted by Crippen LogP contribution is -2.25. The number of rotatable bonds is 34. The van der Waals surface area contributed by atoms with E-state index in [1.807, 2.05) is 12.2 Å². The molecule has 0 rings (SSSR count). The lowest BCUT2D eigenvalue weighted by molar-refractivity contribution is -0.152. The van der Waals surface area contributed by atoms with Gasteiger partial charge in [0.25, 0.3) is 0 Å². The summed E-state index contributed by atoms with van der Waals surface area (Å²) in [6, 6.07) is 0. The molecule has 5 heteroatoms. The Morgan fingerprint density at radius 2 is 0.792 bits per heavy atom. The zero-order valence-corrected chi connectivity index (χ0v) is 31.0. The molecular formula is C43H72O5. The molecule has 0 aliphatic carbocycles. The van der Waals surface area contributed by atoms with Crippen LogP contribution in [0, 0.1) is 0 Å². The van der Waals surface area contributed by atoms with E-state index in [9.17, 15) is 14.7 Å². The molecular weight excluding hydrogens is 596 g/mol. The molecule has 0 spiro atoms. The van der Waals surface area contributed by atoms with Crippen LogP contribution in [0.3, 0.4) is 0 Å². The number of allylic oxidation sites excluding steroid dienone is 12. The van der Waals surface area contributed by atoms with Gasteiger partial charge in [-0.1, -0.05) is 177 Å². The van der Waals surface area contributed by atoms with Crippen molar-refractivity contribution in [2.75, 3.05) is 13.2 Å². The highest BCUT2D eigenvalue weighted by atomic mass is 16.6. The third kappa shape index (κ3) is 37.8. The van der Waals surface area contributed by atoms with E-state index in [0.717, 1.165) is 57.8 Å². The zero-order chi connectivity index (χ0) is 35.0. The first-order valence-corrected chi connectivity index (χ1v) is 19.5. The molecule has 1 atom stereocenters. The molecule has 0 unspecified atom stereocenters. The first-order valence-electron chi connectivity index (χ1n) is 19.5. The van der Waals surface area contributed by atoms with Crippen LogP contribution < -0.4 is 0 Å². The SMILES string of the molecule is CC/C=C\C/C=C\C/C=C\C/C=C\C/C=C\C/C=C\CCC(=O)OC[C@H](O)COC(=O)CCCCCCCCCCCCCCCCC. The van der Waals surface area contributed by atoms with E-state index >= 15 is 0 Å². The normalized spacial score (nSPS) is 13.0. The van der Waals surface area contributed by atoms with Crippen LogP contribution in [0.25, 0.3) is 0 Å². The molecule has 274 valence electrons. The summed E-state index contributed by atoms with van der Waals surface area (Å²) in [5.74, 6) is -0.662. The maximum absolute atomic E-state index is 12.0. The minimum Gasteiger partial charge on any atom is -0.463 e. The van der Waals surface area contributed by atoms with Crippen molar-refractivity contribution in [2.24, 2.45) is 0 Å². The number of aliphatic hydroxyl groups excluding tert-OH is 1. The van der Waals surface area contributed by atoms with E-state index < -0.39 is 6.10 Å². The second-order valence-corrected chi connectivity index (χ2v) is 12.7. The lowest BCUT2D eigenvalue weighted by Gasteiger charge is -2.12. The third-order valence-electron chi connectivity index (χ3n) is 7.97. The Bertz CT molecular complexity index is 895. The maximum Gasteiger partial charge on any atom is 0.306 e. The van der Waals surface area contributed by atoms with Gasteiger partial charge in [0.2, 0.25) is 0 Å². The van der Waals surface area contributed by atoms with Crippen LogP contribution in [0.2, 0.25) is 0 Å². The predicted molar refractivity (Wildman–Crippen MR) is 205 cm³/mol. The highest BCUT2D eigenvalue weighted by Gasteiger charge is 2.11. The molecule has 0 bridgehead atoms. The summed E-state index contributed by atoms with van der Waals surface area (Å²) < 4.78 is 10.3. The molecule has 0 aromatic rings. The zero-order valence-electron chi connectivity index (χ0n) is 31.0. The quantitative estimate of drug-likeness (QED) is 0.0420. The third-order valence-corrected chi connectivity index (χ3v) is 7.97. The highest BCUT2D eigenvalue weighted by molar-refractivity contribution is 5.70. The Labute approximate surface area is 295 Å². The number of unbranched alkanes of at least 4 members (excludes halogenated alkanes) is 14. The van der Waals surface area contributed by atoms with Crippen LogP contribution in [0.5, 0.6) is 0 Å². The van der Waals surface area contributed by atoms with Gasteiger partial charge in [-0.3, -0.25) is 9.59 Å². The maximum atomic E-state index is 12.0. The van der Waals surface area contributed by atoms with Crippen molar-refractivity contribution in [1.29, 1.82) is 0 Å². The largest absolute Gasteiger partial charge is 0.463 e. The van der Waals surface area contributed by atoms with Crippen LogP contribution in [0.15, 0.2) is 72.9 Å². The first kappa shape index (κ1) is 45.3. The minimum atomic E-state index is -0.996. The van der Waals surface area contributed by atoms with E-state index in [1.54, 1.807) is 0 Å². The van der Waals surface area contributed by atoms with Crippen LogP contribution in [0.4, 0.5) is 0 Å². The molecule has 0 heterocycles. The van der Waals surface area contributed by atoms with Gasteiger partial charge < -0.3 is 14.6 Å². The molecule has 48 heavy (non-hydrogen) atoms. The molecule has 0 fully saturated rings. The number of carbonyl (C=O) groups excluding carboxylic acids is 2. The number of hydrogen-bond acceptors (Lipinski definition) is 5. The molecule has 0 aliphatic rings. The van der Waals surface area contributed by atoms with Crippen LogP contribution in [0.1, 0.15) is 168 Å². The molecule has 5 nitrogen and oxygen atoms in total. The van der Waals surface area contributed by atoms with Gasteiger partial charge in [0.15, 0.2) is 0 Å². The van der Waals surface area contributed by atoms with Crippen molar-refractivity contribution in [3.8, 4) is 0 Å². The lowest BCUT2D eigenvalue weighted by atomic mass is 10.0. The Balaban J connectivity index is 3.58. The van der Waals surface area contributed by atoms with Crippen LogP contribution in [-0.2, 0) is 19.1 Å². The summed E-state index contributed by atoms with van der Waals surface area (Å²) in [6.07, 6.45) is 51.1. The second kappa shape index (κ2) is 38.8. The van der Waals surface area contributed by atoms with Crippen molar-refractivity contribution in [2.45, 2.75) is 174 Å². The smallest absolute Gasteiger partial charge is 0.306 e. The summed E-state index contributed by atoms with van der Waals surface area (Å²) in [6.45, 7) is 4.11. The summed E-state index contributed by atoms with van der Waals surface area (Å²) in [7, 11) is 0. The van der Waals surface area contributed by atoms with Crippen molar-refractivity contribution in [3.05, 3.63) is 72.9 Å². The Morgan fingerprint density at radius 3 is 1.19 bits per heavy atom. The van der Waals surface area contributed by atoms with E-state index in [1.165, 1.54) is 77.0 Å². The van der Waals surface area contributed by atoms with Gasteiger partial charge in [0, 0.05) is 12.8 Å². The van der Waals surface area contributed by atoms with Crippen LogP contribution in [-0.4, -0.2) is 36.4 Å². The van der Waals surface area contributed by atoms with Gasteiger partial charge >= 0.3 is 11.9 Å². The van der Waals surface area contributed by atoms with E-state index in [0.29, 0.717) is 12.8 Å². The standard InChI is InChI=1S/C43H72O5/c1-3-5-7-9-11-13-15-17-19-20-21-22-24-26-28-30-32-34-36-38-43(46)48-40-41(44)39-47-42(45)37-35-33-31-29-27-25-23-18-16-14-12-10-8-6-4-2/h5,7,11,13,17,19,21-22,26,28,32,34,41,44H,3-4,6,8-10,12,14-16,18,20,23-25,27,29-31,33,35-40H2,1-2H3/b7-5-,13-11-,19-17-,22-21-,28-26-,34-32-/t41-/m1/s1. The summed E-state index contributed by atoms with van der Waals surface area (Å²) in [5.41, 5.74) is 0. The van der Waals surface area contributed by atoms with Crippen LogP contribution >= 0.6 is 0 Å². The summed E-state index contributed by atoms with van der Waals surface area (Å²) in [5, 5.41) is 10.00. The fourth-order valence-electron chi connectivity index (χ4n) is 5.05. The van der Waals surface area contributed by atoms with Crippen molar-refractivity contribution >= 4 is 11.9 Å². The van der Waals surface area contributed by atoms with Gasteiger partial charge in [-0.25, -0.2) is 0 Å². The molecule has 0 saturated carbocycles. The average molecular weight is 669 g/mol. The van der Waals surface area contributed by atoms with Gasteiger partial charge in [-0.2, -0.15) is 0 Å². The Hall–Kier alpha value is -2.66. The Morgan fingerprint density at radius 1 is 0.458 bits per heavy atom. The molecule has 0 radical (unpaired) electrons. The van der Waals surface area contributed by atoms with Gasteiger partial charge in [0.05, 0.1) is 0 Å². The minimum absolute atomic E-state index is 0.141. The van der Waals surface area contributed by atoms with Crippen molar-refractivity contribution < 1.29 is 24.2 Å². The van der Waals surface area contributed by atoms with E-state index in [-0.39, 0.29) is 31.6 Å². The average Bonchev–Trinajstić information content (AvgIpc) is 3.09. The molecule has 0 aromatic carbocycles. The van der Waals surface area contributed by atoms with Gasteiger partial charge in [0.1, 0.15) is 19.3 Å².